The Hall–Kier alpha value is -1.62. The van der Waals surface area contributed by atoms with Crippen LogP contribution >= 0.6 is 0 Å². The van der Waals surface area contributed by atoms with Crippen molar-refractivity contribution in [3.05, 3.63) is 22.5 Å². The number of carbonyl (C=O) groups is 2. The van der Waals surface area contributed by atoms with E-state index in [4.69, 9.17) is 4.74 Å². The highest BCUT2D eigenvalue weighted by atomic mass is 16.5. The maximum absolute atomic E-state index is 12.3. The van der Waals surface area contributed by atoms with Crippen molar-refractivity contribution in [2.45, 2.75) is 32.7 Å². The summed E-state index contributed by atoms with van der Waals surface area (Å²) in [6.07, 6.45) is 2.29. The van der Waals surface area contributed by atoms with Crippen LogP contribution in [0.1, 0.15) is 44.9 Å². The van der Waals surface area contributed by atoms with Crippen LogP contribution in [-0.2, 0) is 11.8 Å². The molecular weight excluding hydrogens is 244 g/mol. The number of Topliss-reactive ketones (excluding diaryl/α,β-unsaturated/α-hetero) is 1. The van der Waals surface area contributed by atoms with Gasteiger partial charge in [-0.05, 0) is 32.3 Å². The molecule has 5 heteroatoms. The van der Waals surface area contributed by atoms with Crippen LogP contribution in [0.5, 0.6) is 0 Å². The molecule has 5 nitrogen and oxygen atoms in total. The average molecular weight is 264 g/mol. The lowest BCUT2D eigenvalue weighted by Gasteiger charge is -2.03. The van der Waals surface area contributed by atoms with Crippen LogP contribution in [0, 0.1) is 13.8 Å². The Morgan fingerprint density at radius 3 is 2.53 bits per heavy atom. The lowest BCUT2D eigenvalue weighted by molar-refractivity contribution is 0.0588. The fraction of sp³-hybridized carbons (Fsp3) is 0.571. The Labute approximate surface area is 112 Å². The van der Waals surface area contributed by atoms with Crippen LogP contribution in [0.25, 0.3) is 0 Å². The molecule has 0 amide bonds. The summed E-state index contributed by atoms with van der Waals surface area (Å²) in [4.78, 5) is 24.0. The zero-order valence-electron chi connectivity index (χ0n) is 11.9. The summed E-state index contributed by atoms with van der Waals surface area (Å²) < 4.78 is 6.50. The van der Waals surface area contributed by atoms with E-state index >= 15 is 0 Å². The van der Waals surface area contributed by atoms with Gasteiger partial charge in [-0.25, -0.2) is 4.79 Å². The minimum atomic E-state index is -0.405. The fourth-order valence-electron chi connectivity index (χ4n) is 2.39. The first-order chi connectivity index (χ1) is 8.97. The Morgan fingerprint density at radius 1 is 1.37 bits per heavy atom. The average Bonchev–Trinajstić information content (AvgIpc) is 3.16. The normalized spacial score (nSPS) is 14.5. The second-order valence-corrected chi connectivity index (χ2v) is 5.06. The first-order valence-electron chi connectivity index (χ1n) is 6.48. The van der Waals surface area contributed by atoms with E-state index in [2.05, 4.69) is 5.32 Å². The molecule has 1 fully saturated rings. The van der Waals surface area contributed by atoms with Crippen LogP contribution in [-0.4, -0.2) is 36.0 Å². The third-order valence-corrected chi connectivity index (χ3v) is 3.72. The molecule has 1 aromatic rings. The quantitative estimate of drug-likeness (QED) is 0.644. The molecule has 1 aliphatic rings. The van der Waals surface area contributed by atoms with Gasteiger partial charge in [0.25, 0.3) is 0 Å². The molecule has 0 aromatic carbocycles. The lowest BCUT2D eigenvalue weighted by Crippen LogP contribution is -2.25. The summed E-state index contributed by atoms with van der Waals surface area (Å²) in [5, 5.41) is 3.21. The first kappa shape index (κ1) is 13.8. The topological polar surface area (TPSA) is 60.3 Å². The van der Waals surface area contributed by atoms with Crippen molar-refractivity contribution in [1.82, 2.24) is 9.88 Å². The standard InChI is InChI=1S/C14H20N2O3/c1-8-12(11(17)7-15-10-5-6-10)9(2)16(3)13(8)14(18)19-4/h10,15H,5-7H2,1-4H3. The monoisotopic (exact) mass is 264 g/mol. The zero-order valence-corrected chi connectivity index (χ0v) is 11.9. The molecule has 1 aliphatic carbocycles. The summed E-state index contributed by atoms with van der Waals surface area (Å²) in [5.74, 6) is -0.370. The second-order valence-electron chi connectivity index (χ2n) is 5.06. The van der Waals surface area contributed by atoms with Gasteiger partial charge >= 0.3 is 5.97 Å². The predicted octanol–water partition coefficient (Wildman–Crippen LogP) is 1.36. The molecule has 0 saturated heterocycles. The van der Waals surface area contributed by atoms with E-state index in [0.29, 0.717) is 29.4 Å². The van der Waals surface area contributed by atoms with Crippen molar-refractivity contribution in [3.63, 3.8) is 0 Å². The van der Waals surface area contributed by atoms with Crippen molar-refractivity contribution in [1.29, 1.82) is 0 Å². The van der Waals surface area contributed by atoms with E-state index in [1.54, 1.807) is 18.5 Å². The van der Waals surface area contributed by atoms with Crippen LogP contribution in [0.15, 0.2) is 0 Å². The van der Waals surface area contributed by atoms with Gasteiger partial charge in [-0.1, -0.05) is 0 Å². The number of rotatable bonds is 5. The molecule has 0 spiro atoms. The van der Waals surface area contributed by atoms with Crippen molar-refractivity contribution in [2.24, 2.45) is 7.05 Å². The van der Waals surface area contributed by atoms with Crippen LogP contribution < -0.4 is 5.32 Å². The van der Waals surface area contributed by atoms with Gasteiger partial charge in [0.15, 0.2) is 5.78 Å². The number of nitrogens with zero attached hydrogens (tertiary/aromatic N) is 1. The van der Waals surface area contributed by atoms with Crippen LogP contribution in [0.4, 0.5) is 0 Å². The highest BCUT2D eigenvalue weighted by molar-refractivity contribution is 6.03. The Bertz CT molecular complexity index is 527. The molecule has 1 heterocycles. The smallest absolute Gasteiger partial charge is 0.354 e. The Morgan fingerprint density at radius 2 is 2.00 bits per heavy atom. The lowest BCUT2D eigenvalue weighted by atomic mass is 10.1. The SMILES string of the molecule is COC(=O)c1c(C)c(C(=O)CNC2CC2)c(C)n1C. The van der Waals surface area contributed by atoms with Gasteiger partial charge in [0, 0.05) is 24.3 Å². The number of carbonyl (C=O) groups excluding carboxylic acids is 2. The van der Waals surface area contributed by atoms with Crippen molar-refractivity contribution in [3.8, 4) is 0 Å². The number of esters is 1. The molecule has 104 valence electrons. The summed E-state index contributed by atoms with van der Waals surface area (Å²) in [6.45, 7) is 3.98. The molecule has 19 heavy (non-hydrogen) atoms. The molecule has 1 saturated carbocycles. The van der Waals surface area contributed by atoms with Gasteiger partial charge in [-0.15, -0.1) is 0 Å². The van der Waals surface area contributed by atoms with Crippen LogP contribution in [0.2, 0.25) is 0 Å². The van der Waals surface area contributed by atoms with Gasteiger partial charge in [0.05, 0.1) is 13.7 Å². The van der Waals surface area contributed by atoms with E-state index in [1.807, 2.05) is 6.92 Å². The second kappa shape index (κ2) is 5.17. The zero-order chi connectivity index (χ0) is 14.2. The number of hydrogen-bond acceptors (Lipinski definition) is 4. The number of methoxy groups -OCH3 is 1. The van der Waals surface area contributed by atoms with Crippen LogP contribution in [0.3, 0.4) is 0 Å². The van der Waals surface area contributed by atoms with Gasteiger partial charge in [-0.3, -0.25) is 4.79 Å². The number of nitrogens with one attached hydrogen (secondary N) is 1. The highest BCUT2D eigenvalue weighted by Crippen LogP contribution is 2.23. The number of ketones is 1. The molecule has 0 bridgehead atoms. The maximum Gasteiger partial charge on any atom is 0.354 e. The molecule has 0 aliphatic heterocycles. The molecule has 1 N–H and O–H groups in total. The molecule has 2 rings (SSSR count). The molecule has 0 unspecified atom stereocenters. The fourth-order valence-corrected chi connectivity index (χ4v) is 2.39. The molecule has 0 radical (unpaired) electrons. The highest BCUT2D eigenvalue weighted by Gasteiger charge is 2.27. The molecule has 1 aromatic heterocycles. The summed E-state index contributed by atoms with van der Waals surface area (Å²) in [7, 11) is 3.12. The summed E-state index contributed by atoms with van der Waals surface area (Å²) in [6, 6.07) is 0.494. The number of ether oxygens (including phenoxy) is 1. The predicted molar refractivity (Wildman–Crippen MR) is 71.6 cm³/mol. The van der Waals surface area contributed by atoms with E-state index < -0.39 is 5.97 Å². The van der Waals surface area contributed by atoms with E-state index in [1.165, 1.54) is 7.11 Å². The number of hydrogen-bond donors (Lipinski definition) is 1. The van der Waals surface area contributed by atoms with Crippen molar-refractivity contribution >= 4 is 11.8 Å². The van der Waals surface area contributed by atoms with Gasteiger partial charge < -0.3 is 14.6 Å². The number of aromatic nitrogens is 1. The maximum atomic E-state index is 12.3. The van der Waals surface area contributed by atoms with E-state index in [9.17, 15) is 9.59 Å². The van der Waals surface area contributed by atoms with Gasteiger partial charge in [0.2, 0.25) is 0 Å². The van der Waals surface area contributed by atoms with Gasteiger partial charge in [-0.2, -0.15) is 0 Å². The summed E-state index contributed by atoms with van der Waals surface area (Å²) in [5.41, 5.74) is 2.60. The Kier molecular flexibility index (Phi) is 3.75. The molecule has 0 atom stereocenters. The Balaban J connectivity index is 2.28. The molecular formula is C14H20N2O3. The third-order valence-electron chi connectivity index (χ3n) is 3.72. The largest absolute Gasteiger partial charge is 0.464 e. The van der Waals surface area contributed by atoms with E-state index in [0.717, 1.165) is 18.5 Å². The summed E-state index contributed by atoms with van der Waals surface area (Å²) >= 11 is 0. The van der Waals surface area contributed by atoms with Gasteiger partial charge in [0.1, 0.15) is 5.69 Å². The van der Waals surface area contributed by atoms with Crippen molar-refractivity contribution in [2.75, 3.05) is 13.7 Å². The van der Waals surface area contributed by atoms with E-state index in [-0.39, 0.29) is 5.78 Å². The first-order valence-corrected chi connectivity index (χ1v) is 6.48. The minimum absolute atomic E-state index is 0.0349. The minimum Gasteiger partial charge on any atom is -0.464 e. The van der Waals surface area contributed by atoms with Crippen molar-refractivity contribution < 1.29 is 14.3 Å². The third kappa shape index (κ3) is 2.56.